The molecule has 0 unspecified atom stereocenters. The molecule has 1 aliphatic heterocycles. The number of unbranched alkanes of at least 4 members (excludes halogenated alkanes) is 1. The zero-order valence-electron chi connectivity index (χ0n) is 16.4. The molecule has 3 rings (SSSR count). The van der Waals surface area contributed by atoms with Crippen LogP contribution in [-0.4, -0.2) is 26.7 Å². The lowest BCUT2D eigenvalue weighted by molar-refractivity contribution is 0.102. The van der Waals surface area contributed by atoms with Crippen LogP contribution < -0.4 is 10.2 Å². The maximum Gasteiger partial charge on any atom is 0.286 e. The molecule has 0 aliphatic carbocycles. The number of fused-ring (bicyclic) bond motifs is 1. The van der Waals surface area contributed by atoms with Crippen molar-refractivity contribution in [3.05, 3.63) is 53.6 Å². The van der Waals surface area contributed by atoms with Gasteiger partial charge in [-0.15, -0.1) is 4.40 Å². The van der Waals surface area contributed by atoms with E-state index in [-0.39, 0.29) is 16.4 Å². The van der Waals surface area contributed by atoms with Crippen LogP contribution in [0.3, 0.4) is 0 Å². The second-order valence-electron chi connectivity index (χ2n) is 6.81. The van der Waals surface area contributed by atoms with Crippen molar-refractivity contribution in [3.63, 3.8) is 0 Å². The number of aryl methyl sites for hydroxylation is 1. The summed E-state index contributed by atoms with van der Waals surface area (Å²) in [4.78, 5) is 14.6. The predicted molar refractivity (Wildman–Crippen MR) is 113 cm³/mol. The molecule has 1 amide bonds. The topological polar surface area (TPSA) is 78.8 Å². The molecular formula is C21H25N3O3S. The maximum absolute atomic E-state index is 12.6. The van der Waals surface area contributed by atoms with Crippen molar-refractivity contribution in [2.24, 2.45) is 4.40 Å². The van der Waals surface area contributed by atoms with Crippen LogP contribution in [0.1, 0.15) is 49.5 Å². The Balaban J connectivity index is 1.90. The minimum Gasteiger partial charge on any atom is -0.328 e. The lowest BCUT2D eigenvalue weighted by Gasteiger charge is -2.29. The third-order valence-corrected chi connectivity index (χ3v) is 6.18. The summed E-state index contributed by atoms with van der Waals surface area (Å²) in [7, 11) is -3.82. The third-order valence-electron chi connectivity index (χ3n) is 4.79. The lowest BCUT2D eigenvalue weighted by Crippen LogP contribution is -2.34. The number of benzene rings is 2. The predicted octanol–water partition coefficient (Wildman–Crippen LogP) is 4.23. The molecule has 28 heavy (non-hydrogen) atoms. The minimum absolute atomic E-state index is 0.0724. The fourth-order valence-electron chi connectivity index (χ4n) is 3.16. The van der Waals surface area contributed by atoms with Crippen molar-refractivity contribution in [1.29, 1.82) is 0 Å². The molecule has 0 saturated carbocycles. The second-order valence-corrected chi connectivity index (χ2v) is 8.38. The van der Waals surface area contributed by atoms with Crippen LogP contribution in [0.4, 0.5) is 11.4 Å². The molecule has 1 heterocycles. The number of sulfonamides is 1. The number of hydrogen-bond donors (Lipinski definition) is 1. The molecule has 0 saturated heterocycles. The average Bonchev–Trinajstić information content (AvgIpc) is 2.67. The summed E-state index contributed by atoms with van der Waals surface area (Å²) >= 11 is 0. The quantitative estimate of drug-likeness (QED) is 0.788. The van der Waals surface area contributed by atoms with E-state index in [1.807, 2.05) is 29.2 Å². The van der Waals surface area contributed by atoms with E-state index in [1.54, 1.807) is 19.1 Å². The molecule has 0 atom stereocenters. The largest absolute Gasteiger partial charge is 0.328 e. The average molecular weight is 400 g/mol. The van der Waals surface area contributed by atoms with E-state index >= 15 is 0 Å². The minimum atomic E-state index is -3.82. The number of hydrogen-bond acceptors (Lipinski definition) is 4. The monoisotopic (exact) mass is 399 g/mol. The number of amides is 1. The van der Waals surface area contributed by atoms with Crippen LogP contribution in [0.2, 0.25) is 0 Å². The van der Waals surface area contributed by atoms with Gasteiger partial charge in [0.15, 0.2) is 0 Å². The van der Waals surface area contributed by atoms with Crippen molar-refractivity contribution >= 4 is 33.1 Å². The van der Waals surface area contributed by atoms with Gasteiger partial charge in [-0.25, -0.2) is 0 Å². The summed E-state index contributed by atoms with van der Waals surface area (Å²) < 4.78 is 29.0. The van der Waals surface area contributed by atoms with Gasteiger partial charge >= 0.3 is 0 Å². The molecule has 0 fully saturated rings. The first-order valence-corrected chi connectivity index (χ1v) is 10.9. The number of nitrogens with one attached hydrogen (secondary N) is 1. The fraction of sp³-hybridized carbons (Fsp3) is 0.333. The van der Waals surface area contributed by atoms with Crippen molar-refractivity contribution in [3.8, 4) is 0 Å². The van der Waals surface area contributed by atoms with E-state index in [0.717, 1.165) is 19.3 Å². The Morgan fingerprint density at radius 3 is 2.46 bits per heavy atom. The Hall–Kier alpha value is -2.67. The summed E-state index contributed by atoms with van der Waals surface area (Å²) in [6.45, 7) is 6.52. The van der Waals surface area contributed by atoms with Gasteiger partial charge in [0.1, 0.15) is 10.7 Å². The highest BCUT2D eigenvalue weighted by Gasteiger charge is 2.29. The van der Waals surface area contributed by atoms with Gasteiger partial charge in [0.05, 0.1) is 5.69 Å². The van der Waals surface area contributed by atoms with E-state index in [1.165, 1.54) is 11.6 Å². The fourth-order valence-corrected chi connectivity index (χ4v) is 4.42. The van der Waals surface area contributed by atoms with E-state index in [2.05, 4.69) is 23.6 Å². The first kappa shape index (κ1) is 20.1. The smallest absolute Gasteiger partial charge is 0.286 e. The van der Waals surface area contributed by atoms with Gasteiger partial charge in [-0.2, -0.15) is 8.42 Å². The molecule has 0 spiro atoms. The zero-order chi connectivity index (χ0) is 20.3. The van der Waals surface area contributed by atoms with Gasteiger partial charge in [-0.3, -0.25) is 4.79 Å². The highest BCUT2D eigenvalue weighted by molar-refractivity contribution is 7.90. The first-order valence-electron chi connectivity index (χ1n) is 9.49. The standard InChI is InChI=1S/C21H25N3O3S/c1-4-6-13-24-15(3)23-28(26,27)20-14-17(9-12-19(20)24)21(25)22-18-10-7-16(5-2)8-11-18/h7-12,14H,4-6,13H2,1-3H3,(H,22,25). The third kappa shape index (κ3) is 4.09. The molecular weight excluding hydrogens is 374 g/mol. The highest BCUT2D eigenvalue weighted by atomic mass is 32.2. The zero-order valence-corrected chi connectivity index (χ0v) is 17.2. The Kier molecular flexibility index (Phi) is 5.84. The normalized spacial score (nSPS) is 15.0. The van der Waals surface area contributed by atoms with E-state index < -0.39 is 10.0 Å². The van der Waals surface area contributed by atoms with E-state index in [0.29, 0.717) is 23.8 Å². The summed E-state index contributed by atoms with van der Waals surface area (Å²) in [6.07, 6.45) is 2.83. The van der Waals surface area contributed by atoms with Gasteiger partial charge in [0, 0.05) is 17.8 Å². The summed E-state index contributed by atoms with van der Waals surface area (Å²) in [5, 5.41) is 2.81. The first-order chi connectivity index (χ1) is 13.4. The molecule has 7 heteroatoms. The number of amidine groups is 1. The number of rotatable bonds is 6. The Bertz CT molecular complexity index is 1010. The van der Waals surface area contributed by atoms with Crippen molar-refractivity contribution in [1.82, 2.24) is 0 Å². The van der Waals surface area contributed by atoms with Crippen molar-refractivity contribution in [2.75, 3.05) is 16.8 Å². The summed E-state index contributed by atoms with van der Waals surface area (Å²) in [6, 6.07) is 12.3. The number of carbonyl (C=O) groups excluding carboxylic acids is 1. The lowest BCUT2D eigenvalue weighted by atomic mass is 10.1. The van der Waals surface area contributed by atoms with Crippen LogP contribution in [0, 0.1) is 0 Å². The number of anilines is 2. The molecule has 2 aromatic carbocycles. The van der Waals surface area contributed by atoms with Gasteiger partial charge in [-0.05, 0) is 55.7 Å². The van der Waals surface area contributed by atoms with Crippen LogP contribution in [0.5, 0.6) is 0 Å². The maximum atomic E-state index is 12.6. The second kappa shape index (κ2) is 8.14. The molecule has 1 aliphatic rings. The van der Waals surface area contributed by atoms with Crippen molar-refractivity contribution in [2.45, 2.75) is 44.9 Å². The Labute approximate surface area is 166 Å². The van der Waals surface area contributed by atoms with Crippen LogP contribution in [0.15, 0.2) is 51.8 Å². The molecule has 0 radical (unpaired) electrons. The molecule has 6 nitrogen and oxygen atoms in total. The molecule has 2 aromatic rings. The number of carbonyl (C=O) groups is 1. The van der Waals surface area contributed by atoms with E-state index in [9.17, 15) is 13.2 Å². The summed E-state index contributed by atoms with van der Waals surface area (Å²) in [5.74, 6) is 0.0998. The Morgan fingerprint density at radius 1 is 1.11 bits per heavy atom. The van der Waals surface area contributed by atoms with E-state index in [4.69, 9.17) is 0 Å². The molecule has 1 N–H and O–H groups in total. The van der Waals surface area contributed by atoms with Crippen LogP contribution in [-0.2, 0) is 16.4 Å². The van der Waals surface area contributed by atoms with Crippen LogP contribution in [0.25, 0.3) is 0 Å². The number of nitrogens with zero attached hydrogens (tertiary/aromatic N) is 2. The molecule has 148 valence electrons. The van der Waals surface area contributed by atoms with Crippen molar-refractivity contribution < 1.29 is 13.2 Å². The van der Waals surface area contributed by atoms with Crippen LogP contribution >= 0.6 is 0 Å². The van der Waals surface area contributed by atoms with Gasteiger partial charge < -0.3 is 10.2 Å². The van der Waals surface area contributed by atoms with Gasteiger partial charge in [-0.1, -0.05) is 32.4 Å². The van der Waals surface area contributed by atoms with Gasteiger partial charge in [0.2, 0.25) is 0 Å². The molecule has 0 bridgehead atoms. The molecule has 0 aromatic heterocycles. The Morgan fingerprint density at radius 2 is 1.82 bits per heavy atom. The highest BCUT2D eigenvalue weighted by Crippen LogP contribution is 2.33. The summed E-state index contributed by atoms with van der Waals surface area (Å²) in [5.41, 5.74) is 2.70. The van der Waals surface area contributed by atoms with Gasteiger partial charge in [0.25, 0.3) is 15.9 Å². The SMILES string of the molecule is CCCCN1C(C)=NS(=O)(=O)c2cc(C(=O)Nc3ccc(CC)cc3)ccc21.